The molecule has 0 saturated heterocycles. The lowest BCUT2D eigenvalue weighted by Crippen LogP contribution is -2.18. The van der Waals surface area contributed by atoms with E-state index in [9.17, 15) is 9.90 Å². The zero-order chi connectivity index (χ0) is 10.8. The minimum Gasteiger partial charge on any atom is -0.507 e. The molecular formula is C11H9NO3. The molecule has 2 aromatic rings. The van der Waals surface area contributed by atoms with Crippen LogP contribution in [0.2, 0.25) is 0 Å². The van der Waals surface area contributed by atoms with Crippen molar-refractivity contribution in [1.29, 1.82) is 0 Å². The van der Waals surface area contributed by atoms with Gasteiger partial charge in [-0.1, -0.05) is 24.3 Å². The molecule has 0 aromatic heterocycles. The van der Waals surface area contributed by atoms with E-state index in [4.69, 9.17) is 5.21 Å². The van der Waals surface area contributed by atoms with Crippen molar-refractivity contribution in [2.75, 3.05) is 0 Å². The van der Waals surface area contributed by atoms with Crippen LogP contribution >= 0.6 is 0 Å². The smallest absolute Gasteiger partial charge is 0.274 e. The number of hydroxylamine groups is 1. The van der Waals surface area contributed by atoms with Crippen LogP contribution in [0.3, 0.4) is 0 Å². The summed E-state index contributed by atoms with van der Waals surface area (Å²) in [5.74, 6) is -0.622. The zero-order valence-corrected chi connectivity index (χ0v) is 7.77. The molecular weight excluding hydrogens is 194 g/mol. The highest BCUT2D eigenvalue weighted by atomic mass is 16.5. The molecule has 0 spiro atoms. The lowest BCUT2D eigenvalue weighted by molar-refractivity contribution is 0.0706. The number of rotatable bonds is 1. The molecule has 3 N–H and O–H groups in total. The maximum atomic E-state index is 11.1. The Hall–Kier alpha value is -2.07. The average Bonchev–Trinajstić information content (AvgIpc) is 2.28. The second-order valence-electron chi connectivity index (χ2n) is 3.16. The summed E-state index contributed by atoms with van der Waals surface area (Å²) in [6, 6.07) is 10.1. The minimum absolute atomic E-state index is 0.0201. The van der Waals surface area contributed by atoms with Gasteiger partial charge in [-0.2, -0.15) is 0 Å². The van der Waals surface area contributed by atoms with E-state index in [2.05, 4.69) is 0 Å². The molecule has 4 nitrogen and oxygen atoms in total. The van der Waals surface area contributed by atoms with E-state index < -0.39 is 5.91 Å². The van der Waals surface area contributed by atoms with Gasteiger partial charge in [0.25, 0.3) is 5.91 Å². The van der Waals surface area contributed by atoms with Gasteiger partial charge in [-0.05, 0) is 17.5 Å². The molecule has 15 heavy (non-hydrogen) atoms. The second-order valence-corrected chi connectivity index (χ2v) is 3.16. The molecule has 0 saturated carbocycles. The van der Waals surface area contributed by atoms with Crippen molar-refractivity contribution < 1.29 is 15.1 Å². The van der Waals surface area contributed by atoms with Gasteiger partial charge < -0.3 is 5.11 Å². The first kappa shape index (κ1) is 9.48. The zero-order valence-electron chi connectivity index (χ0n) is 7.77. The molecule has 2 aromatic carbocycles. The van der Waals surface area contributed by atoms with Crippen LogP contribution in [0.1, 0.15) is 10.4 Å². The normalized spacial score (nSPS) is 10.2. The highest BCUT2D eigenvalue weighted by Crippen LogP contribution is 2.26. The number of hydrogen-bond donors (Lipinski definition) is 3. The third-order valence-corrected chi connectivity index (χ3v) is 2.20. The molecule has 76 valence electrons. The predicted molar refractivity (Wildman–Crippen MR) is 54.9 cm³/mol. The fraction of sp³-hybridized carbons (Fsp3) is 0. The van der Waals surface area contributed by atoms with Gasteiger partial charge >= 0.3 is 0 Å². The summed E-state index contributed by atoms with van der Waals surface area (Å²) in [7, 11) is 0. The van der Waals surface area contributed by atoms with Gasteiger partial charge in [-0.3, -0.25) is 10.0 Å². The highest BCUT2D eigenvalue weighted by Gasteiger charge is 2.08. The van der Waals surface area contributed by atoms with Crippen molar-refractivity contribution in [2.24, 2.45) is 0 Å². The summed E-state index contributed by atoms with van der Waals surface area (Å²) in [4.78, 5) is 11.1. The van der Waals surface area contributed by atoms with Gasteiger partial charge in [0, 0.05) is 10.9 Å². The molecule has 0 aliphatic heterocycles. The number of fused-ring (bicyclic) bond motifs is 1. The maximum Gasteiger partial charge on any atom is 0.274 e. The standard InChI is InChI=1S/C11H9NO3/c13-10-6-8(11(14)12-15)5-7-3-1-2-4-9(7)10/h1-6,13,15H,(H,12,14). The summed E-state index contributed by atoms with van der Waals surface area (Å²) in [5.41, 5.74) is 1.74. The van der Waals surface area contributed by atoms with E-state index in [1.165, 1.54) is 11.5 Å². The van der Waals surface area contributed by atoms with E-state index in [1.807, 2.05) is 6.07 Å². The fourth-order valence-electron chi connectivity index (χ4n) is 1.49. The first-order valence-corrected chi connectivity index (χ1v) is 4.38. The molecule has 4 heteroatoms. The van der Waals surface area contributed by atoms with Crippen molar-refractivity contribution in [1.82, 2.24) is 5.48 Å². The first-order valence-electron chi connectivity index (χ1n) is 4.38. The van der Waals surface area contributed by atoms with Crippen molar-refractivity contribution in [3.05, 3.63) is 42.0 Å². The van der Waals surface area contributed by atoms with Crippen LogP contribution in [0.5, 0.6) is 5.75 Å². The molecule has 0 fully saturated rings. The lowest BCUT2D eigenvalue weighted by atomic mass is 10.1. The quantitative estimate of drug-likeness (QED) is 0.487. The summed E-state index contributed by atoms with van der Waals surface area (Å²) < 4.78 is 0. The largest absolute Gasteiger partial charge is 0.507 e. The van der Waals surface area contributed by atoms with E-state index in [0.29, 0.717) is 5.39 Å². The van der Waals surface area contributed by atoms with E-state index >= 15 is 0 Å². The van der Waals surface area contributed by atoms with Crippen molar-refractivity contribution in [3.63, 3.8) is 0 Å². The number of aromatic hydroxyl groups is 1. The molecule has 0 aliphatic carbocycles. The number of nitrogens with one attached hydrogen (secondary N) is 1. The van der Waals surface area contributed by atoms with Crippen LogP contribution in [0, 0.1) is 0 Å². The number of carbonyl (C=O) groups excluding carboxylic acids is 1. The van der Waals surface area contributed by atoms with E-state index in [1.54, 1.807) is 24.3 Å². The first-order chi connectivity index (χ1) is 7.22. The van der Waals surface area contributed by atoms with Gasteiger partial charge in [0.05, 0.1) is 0 Å². The number of phenols is 1. The molecule has 1 amide bonds. The fourth-order valence-corrected chi connectivity index (χ4v) is 1.49. The summed E-state index contributed by atoms with van der Waals surface area (Å²) in [5, 5.41) is 19.5. The van der Waals surface area contributed by atoms with E-state index in [0.717, 1.165) is 5.39 Å². The summed E-state index contributed by atoms with van der Waals surface area (Å²) >= 11 is 0. The SMILES string of the molecule is O=C(NO)c1cc(O)c2ccccc2c1. The monoisotopic (exact) mass is 203 g/mol. The van der Waals surface area contributed by atoms with Crippen LogP contribution < -0.4 is 5.48 Å². The average molecular weight is 203 g/mol. The maximum absolute atomic E-state index is 11.1. The van der Waals surface area contributed by atoms with Gasteiger partial charge in [-0.25, -0.2) is 5.48 Å². The van der Waals surface area contributed by atoms with Crippen molar-refractivity contribution >= 4 is 16.7 Å². The Labute approximate surface area is 85.7 Å². The van der Waals surface area contributed by atoms with Crippen molar-refractivity contribution in [3.8, 4) is 5.75 Å². The summed E-state index contributed by atoms with van der Waals surface area (Å²) in [6.45, 7) is 0. The Morgan fingerprint density at radius 3 is 2.67 bits per heavy atom. The van der Waals surface area contributed by atoms with Crippen molar-refractivity contribution in [2.45, 2.75) is 0 Å². The van der Waals surface area contributed by atoms with Crippen LogP contribution in [0.4, 0.5) is 0 Å². The Balaban J connectivity index is 2.67. The highest BCUT2D eigenvalue weighted by molar-refractivity contribution is 6.00. The van der Waals surface area contributed by atoms with Crippen LogP contribution in [-0.4, -0.2) is 16.2 Å². The number of hydrogen-bond acceptors (Lipinski definition) is 3. The molecule has 2 rings (SSSR count). The molecule has 0 heterocycles. The third-order valence-electron chi connectivity index (χ3n) is 2.20. The molecule has 0 aliphatic rings. The molecule has 0 unspecified atom stereocenters. The Morgan fingerprint density at radius 2 is 1.93 bits per heavy atom. The molecule has 0 atom stereocenters. The minimum atomic E-state index is -0.643. The van der Waals surface area contributed by atoms with Crippen LogP contribution in [0.15, 0.2) is 36.4 Å². The Morgan fingerprint density at radius 1 is 1.20 bits per heavy atom. The predicted octanol–water partition coefficient (Wildman–Crippen LogP) is 1.66. The number of phenolic OH excluding ortho intramolecular Hbond substituents is 1. The van der Waals surface area contributed by atoms with Gasteiger partial charge in [-0.15, -0.1) is 0 Å². The molecule has 0 radical (unpaired) electrons. The molecule has 0 bridgehead atoms. The van der Waals surface area contributed by atoms with Crippen LogP contribution in [0.25, 0.3) is 10.8 Å². The Bertz CT molecular complexity index is 522. The lowest BCUT2D eigenvalue weighted by Gasteiger charge is -2.04. The topological polar surface area (TPSA) is 69.6 Å². The van der Waals surface area contributed by atoms with Gasteiger partial charge in [0.2, 0.25) is 0 Å². The Kier molecular flexibility index (Phi) is 2.27. The number of carbonyl (C=O) groups is 1. The van der Waals surface area contributed by atoms with Gasteiger partial charge in [0.15, 0.2) is 0 Å². The van der Waals surface area contributed by atoms with Crippen LogP contribution in [-0.2, 0) is 0 Å². The summed E-state index contributed by atoms with van der Waals surface area (Å²) in [6.07, 6.45) is 0. The van der Waals surface area contributed by atoms with E-state index in [-0.39, 0.29) is 11.3 Å². The number of benzene rings is 2. The number of amides is 1. The second kappa shape index (κ2) is 3.59. The third kappa shape index (κ3) is 1.62. The van der Waals surface area contributed by atoms with Gasteiger partial charge in [0.1, 0.15) is 5.75 Å².